The van der Waals surface area contributed by atoms with E-state index in [1.54, 1.807) is 0 Å². The van der Waals surface area contributed by atoms with E-state index in [1.165, 1.54) is 0 Å². The average molecular weight is 270 g/mol. The second-order valence-corrected chi connectivity index (χ2v) is 5.59. The molecule has 0 spiro atoms. The highest BCUT2D eigenvalue weighted by molar-refractivity contribution is 5.81. The van der Waals surface area contributed by atoms with E-state index < -0.39 is 5.97 Å². The van der Waals surface area contributed by atoms with Crippen molar-refractivity contribution in [2.24, 2.45) is 11.8 Å². The lowest BCUT2D eigenvalue weighted by atomic mass is 9.90. The molecule has 1 saturated heterocycles. The maximum Gasteiger partial charge on any atom is 0.303 e. The summed E-state index contributed by atoms with van der Waals surface area (Å²) in [4.78, 5) is 22.5. The van der Waals surface area contributed by atoms with Crippen LogP contribution in [-0.2, 0) is 9.59 Å². The molecule has 110 valence electrons. The maximum absolute atomic E-state index is 12.0. The van der Waals surface area contributed by atoms with Crippen LogP contribution in [0.4, 0.5) is 0 Å². The molecule has 1 fully saturated rings. The molecule has 5 nitrogen and oxygen atoms in total. The molecule has 3 N–H and O–H groups in total. The van der Waals surface area contributed by atoms with E-state index in [2.05, 4.69) is 17.6 Å². The number of rotatable bonds is 7. The summed E-state index contributed by atoms with van der Waals surface area (Å²) in [7, 11) is 0. The molecule has 0 aromatic carbocycles. The van der Waals surface area contributed by atoms with Crippen molar-refractivity contribution in [2.75, 3.05) is 13.1 Å². The lowest BCUT2D eigenvalue weighted by molar-refractivity contribution is -0.137. The van der Waals surface area contributed by atoms with Crippen LogP contribution in [0.15, 0.2) is 0 Å². The molecule has 5 heteroatoms. The third-order valence-electron chi connectivity index (χ3n) is 3.88. The highest BCUT2D eigenvalue weighted by Gasteiger charge is 2.25. The average Bonchev–Trinajstić information content (AvgIpc) is 2.42. The molecule has 1 rings (SSSR count). The zero-order chi connectivity index (χ0) is 14.3. The number of hydrogen-bond acceptors (Lipinski definition) is 3. The van der Waals surface area contributed by atoms with Crippen molar-refractivity contribution in [1.29, 1.82) is 0 Å². The molecule has 1 aliphatic rings. The van der Waals surface area contributed by atoms with Crippen molar-refractivity contribution in [3.8, 4) is 0 Å². The van der Waals surface area contributed by atoms with Gasteiger partial charge in [0.1, 0.15) is 0 Å². The maximum atomic E-state index is 12.0. The van der Waals surface area contributed by atoms with Crippen LogP contribution in [0, 0.1) is 11.8 Å². The molecule has 1 amide bonds. The monoisotopic (exact) mass is 270 g/mol. The molecule has 0 radical (unpaired) electrons. The number of carbonyl (C=O) groups excluding carboxylic acids is 1. The summed E-state index contributed by atoms with van der Waals surface area (Å²) < 4.78 is 0. The van der Waals surface area contributed by atoms with E-state index in [1.807, 2.05) is 6.92 Å². The Balaban J connectivity index is 2.24. The Morgan fingerprint density at radius 3 is 2.84 bits per heavy atom. The summed E-state index contributed by atoms with van der Waals surface area (Å²) in [5.41, 5.74) is 0. The molecule has 0 aromatic rings. The van der Waals surface area contributed by atoms with E-state index in [9.17, 15) is 9.59 Å². The molecule has 0 aromatic heterocycles. The minimum Gasteiger partial charge on any atom is -0.481 e. The Morgan fingerprint density at radius 2 is 2.21 bits per heavy atom. The lowest BCUT2D eigenvalue weighted by Gasteiger charge is -2.29. The molecular weight excluding hydrogens is 244 g/mol. The van der Waals surface area contributed by atoms with Crippen molar-refractivity contribution >= 4 is 11.9 Å². The smallest absolute Gasteiger partial charge is 0.303 e. The van der Waals surface area contributed by atoms with Gasteiger partial charge in [-0.25, -0.2) is 0 Å². The number of nitrogens with one attached hydrogen (secondary N) is 2. The first-order chi connectivity index (χ1) is 9.02. The van der Waals surface area contributed by atoms with Crippen LogP contribution in [0.25, 0.3) is 0 Å². The van der Waals surface area contributed by atoms with Crippen LogP contribution in [0.2, 0.25) is 0 Å². The normalized spacial score (nSPS) is 24.7. The van der Waals surface area contributed by atoms with Crippen molar-refractivity contribution in [3.63, 3.8) is 0 Å². The SMILES string of the molecule is CCC1CCNC(C(=O)NCC(C)CCC(=O)O)C1. The fraction of sp³-hybridized carbons (Fsp3) is 0.857. The molecule has 0 bridgehead atoms. The van der Waals surface area contributed by atoms with Crippen molar-refractivity contribution < 1.29 is 14.7 Å². The third kappa shape index (κ3) is 6.05. The van der Waals surface area contributed by atoms with Gasteiger partial charge in [-0.1, -0.05) is 20.3 Å². The Hall–Kier alpha value is -1.10. The number of aliphatic carboxylic acids is 1. The first kappa shape index (κ1) is 16.0. The number of amides is 1. The standard InChI is InChI=1S/C14H26N2O3/c1-3-11-6-7-15-12(8-11)14(19)16-9-10(2)4-5-13(17)18/h10-12,15H,3-9H2,1-2H3,(H,16,19)(H,17,18). The molecule has 0 saturated carbocycles. The molecular formula is C14H26N2O3. The topological polar surface area (TPSA) is 78.4 Å². The van der Waals surface area contributed by atoms with E-state index in [-0.39, 0.29) is 24.3 Å². The largest absolute Gasteiger partial charge is 0.481 e. The number of piperidine rings is 1. The molecule has 19 heavy (non-hydrogen) atoms. The summed E-state index contributed by atoms with van der Waals surface area (Å²) in [6.45, 7) is 5.59. The number of hydrogen-bond donors (Lipinski definition) is 3. The van der Waals surface area contributed by atoms with Crippen molar-refractivity contribution in [2.45, 2.75) is 52.0 Å². The number of carbonyl (C=O) groups is 2. The van der Waals surface area contributed by atoms with Gasteiger partial charge in [0.15, 0.2) is 0 Å². The highest BCUT2D eigenvalue weighted by atomic mass is 16.4. The Labute approximate surface area is 115 Å². The Morgan fingerprint density at radius 1 is 1.47 bits per heavy atom. The van der Waals surface area contributed by atoms with Gasteiger partial charge in [0.05, 0.1) is 6.04 Å². The van der Waals surface area contributed by atoms with Crippen LogP contribution >= 0.6 is 0 Å². The predicted molar refractivity (Wildman–Crippen MR) is 73.8 cm³/mol. The second kappa shape index (κ2) is 8.15. The first-order valence-electron chi connectivity index (χ1n) is 7.25. The zero-order valence-corrected chi connectivity index (χ0v) is 11.9. The van der Waals surface area contributed by atoms with Crippen LogP contribution < -0.4 is 10.6 Å². The van der Waals surface area contributed by atoms with Gasteiger partial charge < -0.3 is 15.7 Å². The Bertz CT molecular complexity index is 307. The highest BCUT2D eigenvalue weighted by Crippen LogP contribution is 2.19. The second-order valence-electron chi connectivity index (χ2n) is 5.59. The van der Waals surface area contributed by atoms with Gasteiger partial charge in [0, 0.05) is 13.0 Å². The number of carboxylic acids is 1. The van der Waals surface area contributed by atoms with Crippen molar-refractivity contribution in [1.82, 2.24) is 10.6 Å². The summed E-state index contributed by atoms with van der Waals surface area (Å²) >= 11 is 0. The van der Waals surface area contributed by atoms with Gasteiger partial charge in [-0.3, -0.25) is 9.59 Å². The van der Waals surface area contributed by atoms with Gasteiger partial charge >= 0.3 is 5.97 Å². The predicted octanol–water partition coefficient (Wildman–Crippen LogP) is 1.38. The van der Waals surface area contributed by atoms with E-state index in [4.69, 9.17) is 5.11 Å². The van der Waals surface area contributed by atoms with Gasteiger partial charge in [0.25, 0.3) is 0 Å². The summed E-state index contributed by atoms with van der Waals surface area (Å²) in [6, 6.07) is -0.0784. The quantitative estimate of drug-likeness (QED) is 0.653. The van der Waals surface area contributed by atoms with Gasteiger partial charge in [-0.2, -0.15) is 0 Å². The molecule has 1 heterocycles. The first-order valence-corrected chi connectivity index (χ1v) is 7.25. The van der Waals surface area contributed by atoms with E-state index >= 15 is 0 Å². The summed E-state index contributed by atoms with van der Waals surface area (Å²) in [5, 5.41) is 14.8. The lowest BCUT2D eigenvalue weighted by Crippen LogP contribution is -2.49. The van der Waals surface area contributed by atoms with E-state index in [0.29, 0.717) is 18.9 Å². The van der Waals surface area contributed by atoms with Crippen LogP contribution in [0.5, 0.6) is 0 Å². The zero-order valence-electron chi connectivity index (χ0n) is 11.9. The third-order valence-corrected chi connectivity index (χ3v) is 3.88. The number of carboxylic acid groups (broad SMARTS) is 1. The molecule has 0 aliphatic carbocycles. The van der Waals surface area contributed by atoms with Crippen LogP contribution in [0.1, 0.15) is 46.0 Å². The van der Waals surface area contributed by atoms with Crippen LogP contribution in [-0.4, -0.2) is 36.1 Å². The van der Waals surface area contributed by atoms with Gasteiger partial charge in [-0.05, 0) is 37.6 Å². The van der Waals surface area contributed by atoms with Crippen molar-refractivity contribution in [3.05, 3.63) is 0 Å². The summed E-state index contributed by atoms with van der Waals surface area (Å²) in [6.07, 6.45) is 3.95. The minimum atomic E-state index is -0.780. The van der Waals surface area contributed by atoms with Crippen LogP contribution in [0.3, 0.4) is 0 Å². The van der Waals surface area contributed by atoms with Gasteiger partial charge in [0.2, 0.25) is 5.91 Å². The van der Waals surface area contributed by atoms with E-state index in [0.717, 1.165) is 25.8 Å². The fourth-order valence-electron chi connectivity index (χ4n) is 2.44. The van der Waals surface area contributed by atoms with Gasteiger partial charge in [-0.15, -0.1) is 0 Å². The minimum absolute atomic E-state index is 0.0559. The summed E-state index contributed by atoms with van der Waals surface area (Å²) in [5.74, 6) is 0.116. The molecule has 1 aliphatic heterocycles. The fourth-order valence-corrected chi connectivity index (χ4v) is 2.44. The molecule has 3 unspecified atom stereocenters. The Kier molecular flexibility index (Phi) is 6.84. The molecule has 3 atom stereocenters.